The first-order valence-corrected chi connectivity index (χ1v) is 9.02. The Labute approximate surface area is 153 Å². The minimum Gasteiger partial charge on any atom is -0.346 e. The van der Waals surface area contributed by atoms with Crippen molar-refractivity contribution in [3.05, 3.63) is 47.5 Å². The molecule has 138 valence electrons. The lowest BCUT2D eigenvalue weighted by molar-refractivity contribution is 0.0669. The minimum atomic E-state index is -0.188. The number of hydrogen-bond donors (Lipinski definition) is 1. The molecule has 2 aromatic heterocycles. The molecule has 0 saturated carbocycles. The number of nitrogens with zero attached hydrogens (tertiary/aromatic N) is 4. The Morgan fingerprint density at radius 2 is 2.12 bits per heavy atom. The Hall–Kier alpha value is -2.70. The van der Waals surface area contributed by atoms with Gasteiger partial charge in [0.2, 0.25) is 0 Å². The molecule has 7 nitrogen and oxygen atoms in total. The van der Waals surface area contributed by atoms with Gasteiger partial charge in [-0.15, -0.1) is 0 Å². The highest BCUT2D eigenvalue weighted by atomic mass is 16.2. The molecule has 1 aliphatic heterocycles. The Kier molecular flexibility index (Phi) is 5.35. The number of likely N-dealkylation sites (tertiary alicyclic amines) is 1. The van der Waals surface area contributed by atoms with E-state index in [2.05, 4.69) is 15.4 Å². The molecular formula is C19H25N5O2. The van der Waals surface area contributed by atoms with Crippen molar-refractivity contribution >= 4 is 11.8 Å². The molecule has 0 unspecified atom stereocenters. The molecule has 2 aromatic rings. The van der Waals surface area contributed by atoms with Gasteiger partial charge in [0.25, 0.3) is 11.8 Å². The van der Waals surface area contributed by atoms with E-state index >= 15 is 0 Å². The summed E-state index contributed by atoms with van der Waals surface area (Å²) >= 11 is 0. The van der Waals surface area contributed by atoms with Crippen molar-refractivity contribution in [3.63, 3.8) is 0 Å². The first-order valence-electron chi connectivity index (χ1n) is 9.02. The van der Waals surface area contributed by atoms with Crippen LogP contribution in [0.25, 0.3) is 0 Å². The van der Waals surface area contributed by atoms with Crippen LogP contribution in [0.3, 0.4) is 0 Å². The highest BCUT2D eigenvalue weighted by molar-refractivity contribution is 5.94. The summed E-state index contributed by atoms with van der Waals surface area (Å²) in [5.41, 5.74) is 1.73. The lowest BCUT2D eigenvalue weighted by Gasteiger charge is -2.32. The molecule has 1 aliphatic rings. The maximum Gasteiger partial charge on any atom is 0.274 e. The Bertz CT molecular complexity index is 799. The number of hydrogen-bond acceptors (Lipinski definition) is 4. The summed E-state index contributed by atoms with van der Waals surface area (Å²) in [4.78, 5) is 31.1. The zero-order valence-corrected chi connectivity index (χ0v) is 15.5. The van der Waals surface area contributed by atoms with Crippen molar-refractivity contribution in [1.82, 2.24) is 25.0 Å². The molecule has 0 aliphatic carbocycles. The summed E-state index contributed by atoms with van der Waals surface area (Å²) in [6.45, 7) is 7.08. The Morgan fingerprint density at radius 3 is 2.81 bits per heavy atom. The molecule has 3 rings (SSSR count). The summed E-state index contributed by atoms with van der Waals surface area (Å²) in [5.74, 6) is -0.274. The maximum atomic E-state index is 12.7. The van der Waals surface area contributed by atoms with E-state index in [4.69, 9.17) is 0 Å². The van der Waals surface area contributed by atoms with E-state index in [1.54, 1.807) is 21.8 Å². The van der Waals surface area contributed by atoms with E-state index in [0.29, 0.717) is 24.5 Å². The van der Waals surface area contributed by atoms with E-state index in [1.807, 2.05) is 39.1 Å². The van der Waals surface area contributed by atoms with Crippen molar-refractivity contribution in [1.29, 1.82) is 0 Å². The van der Waals surface area contributed by atoms with Gasteiger partial charge in [-0.3, -0.25) is 19.3 Å². The molecule has 0 radical (unpaired) electrons. The monoisotopic (exact) mass is 355 g/mol. The fourth-order valence-electron chi connectivity index (χ4n) is 3.16. The van der Waals surface area contributed by atoms with Gasteiger partial charge in [-0.05, 0) is 51.3 Å². The third-order valence-corrected chi connectivity index (χ3v) is 4.62. The molecule has 1 N–H and O–H groups in total. The van der Waals surface area contributed by atoms with Crippen LogP contribution < -0.4 is 5.32 Å². The van der Waals surface area contributed by atoms with Crippen LogP contribution in [0.15, 0.2) is 30.6 Å². The summed E-state index contributed by atoms with van der Waals surface area (Å²) in [7, 11) is 0. The number of pyridine rings is 1. The summed E-state index contributed by atoms with van der Waals surface area (Å²) < 4.78 is 1.78. The molecule has 26 heavy (non-hydrogen) atoms. The molecule has 2 amide bonds. The topological polar surface area (TPSA) is 80.1 Å². The molecule has 1 fully saturated rings. The normalized spacial score (nSPS) is 17.4. The fourth-order valence-corrected chi connectivity index (χ4v) is 3.16. The molecule has 1 saturated heterocycles. The Morgan fingerprint density at radius 1 is 1.31 bits per heavy atom. The van der Waals surface area contributed by atoms with Gasteiger partial charge in [0.05, 0.1) is 0 Å². The van der Waals surface area contributed by atoms with E-state index in [9.17, 15) is 9.59 Å². The second kappa shape index (κ2) is 7.68. The second-order valence-corrected chi connectivity index (χ2v) is 7.01. The highest BCUT2D eigenvalue weighted by Gasteiger charge is 2.27. The molecule has 0 spiro atoms. The average molecular weight is 355 g/mol. The number of aromatic nitrogens is 3. The smallest absolute Gasteiger partial charge is 0.274 e. The van der Waals surface area contributed by atoms with Gasteiger partial charge in [-0.25, -0.2) is 0 Å². The van der Waals surface area contributed by atoms with Crippen LogP contribution in [-0.2, 0) is 0 Å². The molecule has 0 aromatic carbocycles. The summed E-state index contributed by atoms with van der Waals surface area (Å²) in [5, 5.41) is 7.37. The van der Waals surface area contributed by atoms with Crippen LogP contribution in [0.2, 0.25) is 0 Å². The van der Waals surface area contributed by atoms with Crippen molar-refractivity contribution in [2.24, 2.45) is 0 Å². The summed E-state index contributed by atoms with van der Waals surface area (Å²) in [6.07, 6.45) is 5.14. The predicted octanol–water partition coefficient (Wildman–Crippen LogP) is 2.20. The molecule has 1 atom stereocenters. The summed E-state index contributed by atoms with van der Waals surface area (Å²) in [6, 6.07) is 5.56. The zero-order chi connectivity index (χ0) is 18.7. The zero-order valence-electron chi connectivity index (χ0n) is 15.5. The van der Waals surface area contributed by atoms with Gasteiger partial charge in [0, 0.05) is 37.6 Å². The van der Waals surface area contributed by atoms with Crippen molar-refractivity contribution in [2.45, 2.75) is 45.7 Å². The number of nitrogens with one attached hydrogen (secondary N) is 1. The van der Waals surface area contributed by atoms with E-state index in [-0.39, 0.29) is 23.9 Å². The van der Waals surface area contributed by atoms with Crippen LogP contribution in [0.5, 0.6) is 0 Å². The largest absolute Gasteiger partial charge is 0.346 e. The third-order valence-electron chi connectivity index (χ3n) is 4.62. The van der Waals surface area contributed by atoms with Gasteiger partial charge in [0.1, 0.15) is 11.4 Å². The number of carbonyl (C=O) groups excluding carboxylic acids is 2. The van der Waals surface area contributed by atoms with Crippen molar-refractivity contribution < 1.29 is 9.59 Å². The molecule has 0 bridgehead atoms. The van der Waals surface area contributed by atoms with Gasteiger partial charge < -0.3 is 10.2 Å². The fraction of sp³-hybridized carbons (Fsp3) is 0.474. The van der Waals surface area contributed by atoms with Gasteiger partial charge in [0.15, 0.2) is 0 Å². The van der Waals surface area contributed by atoms with E-state index in [1.165, 1.54) is 0 Å². The van der Waals surface area contributed by atoms with Crippen LogP contribution in [0.4, 0.5) is 0 Å². The van der Waals surface area contributed by atoms with Crippen LogP contribution in [0.1, 0.15) is 59.3 Å². The quantitative estimate of drug-likeness (QED) is 0.912. The third kappa shape index (κ3) is 3.92. The second-order valence-electron chi connectivity index (χ2n) is 7.01. The number of aryl methyl sites for hydroxylation is 1. The minimum absolute atomic E-state index is 0.0752. The lowest BCUT2D eigenvalue weighted by Crippen LogP contribution is -2.49. The molecule has 7 heteroatoms. The Balaban J connectivity index is 1.64. The van der Waals surface area contributed by atoms with E-state index < -0.39 is 0 Å². The van der Waals surface area contributed by atoms with Gasteiger partial charge in [-0.2, -0.15) is 5.10 Å². The number of carbonyl (C=O) groups is 2. The van der Waals surface area contributed by atoms with Crippen molar-refractivity contribution in [2.75, 3.05) is 13.1 Å². The van der Waals surface area contributed by atoms with Gasteiger partial charge in [-0.1, -0.05) is 6.07 Å². The standard InChI is InChI=1S/C19H25N5O2/c1-13(2)24-11-8-16(22-24)19(26)23-10-5-7-15(12-23)21-18(25)17-14(3)6-4-9-20-17/h4,6,8-9,11,13,15H,5,7,10,12H2,1-3H3,(H,21,25)/t15-/m1/s1. The van der Waals surface area contributed by atoms with Crippen molar-refractivity contribution in [3.8, 4) is 0 Å². The number of amides is 2. The SMILES string of the molecule is Cc1cccnc1C(=O)N[C@@H]1CCCN(C(=O)c2ccn(C(C)C)n2)C1. The number of rotatable bonds is 4. The maximum absolute atomic E-state index is 12.7. The average Bonchev–Trinajstić information content (AvgIpc) is 3.12. The van der Waals surface area contributed by atoms with Gasteiger partial charge >= 0.3 is 0 Å². The lowest BCUT2D eigenvalue weighted by atomic mass is 10.0. The molecule has 3 heterocycles. The van der Waals surface area contributed by atoms with Crippen LogP contribution in [0, 0.1) is 6.92 Å². The van der Waals surface area contributed by atoms with E-state index in [0.717, 1.165) is 18.4 Å². The highest BCUT2D eigenvalue weighted by Crippen LogP contribution is 2.15. The molecular weight excluding hydrogens is 330 g/mol. The van der Waals surface area contributed by atoms with Crippen LogP contribution in [-0.4, -0.2) is 50.6 Å². The first-order chi connectivity index (χ1) is 12.5. The number of piperidine rings is 1. The first kappa shape index (κ1) is 18.1. The predicted molar refractivity (Wildman–Crippen MR) is 98.0 cm³/mol. The van der Waals surface area contributed by atoms with Crippen LogP contribution >= 0.6 is 0 Å².